The summed E-state index contributed by atoms with van der Waals surface area (Å²) in [5, 5.41) is 60.8. The first-order valence-corrected chi connectivity index (χ1v) is 12.9. The van der Waals surface area contributed by atoms with E-state index in [1.54, 1.807) is 19.1 Å². The van der Waals surface area contributed by atoms with Gasteiger partial charge in [0.15, 0.2) is 11.4 Å². The molecule has 3 aliphatic rings. The lowest BCUT2D eigenvalue weighted by Gasteiger charge is -2.63. The maximum Gasteiger partial charge on any atom is 0.255 e. The summed E-state index contributed by atoms with van der Waals surface area (Å²) in [5.74, 6) is -6.80. The van der Waals surface area contributed by atoms with Gasteiger partial charge < -0.3 is 36.6 Å². The number of Topliss-reactive ketones (excluding diaryl/α,β-unsaturated/α-hetero) is 2. The number of carbonyl (C=O) groups excluding carboxylic acids is 3. The van der Waals surface area contributed by atoms with Crippen LogP contribution in [-0.4, -0.2) is 92.5 Å². The van der Waals surface area contributed by atoms with Gasteiger partial charge in [0.25, 0.3) is 5.91 Å². The number of aliphatic hydroxyl groups excluding tert-OH is 3. The fourth-order valence-corrected chi connectivity index (χ4v) is 7.13. The van der Waals surface area contributed by atoms with Gasteiger partial charge in [-0.2, -0.15) is 0 Å². The quantitative estimate of drug-likeness (QED) is 0.243. The Balaban J connectivity index is 2.04. The Morgan fingerprint density at radius 3 is 2.33 bits per heavy atom. The molecule has 1 fully saturated rings. The van der Waals surface area contributed by atoms with Crippen LogP contribution in [-0.2, 0) is 20.9 Å². The molecule has 1 aromatic carbocycles. The molecule has 0 radical (unpaired) electrons. The Morgan fingerprint density at radius 2 is 1.80 bits per heavy atom. The van der Waals surface area contributed by atoms with Crippen molar-refractivity contribution in [3.05, 3.63) is 45.7 Å². The number of phenols is 1. The fourth-order valence-electron chi connectivity index (χ4n) is 7.13. The van der Waals surface area contributed by atoms with Gasteiger partial charge in [0.05, 0.1) is 28.7 Å². The van der Waals surface area contributed by atoms with Crippen LogP contribution in [0.3, 0.4) is 0 Å². The molecule has 1 saturated carbocycles. The monoisotopic (exact) mass is 561 g/mol. The number of ketones is 2. The molecule has 0 bridgehead atoms. The topological polar surface area (TPSA) is 194 Å². The standard InChI is InChI=1S/C28H36FN3O8/c1-11(29)9-31-10-13-7-8-14-12(2)26(3)17(19(34)15(14)18(13)33)23(37)28(40)22(36)16(24(30)38)20(35)21(32(5)6)27(28,4)25(26)39/h7-8,11-12,21,25,31,33-34,36,39-40H,9-10H2,1-6H3,(H2,30,38)/t11?,12-,21+,25-,26+,27+,28+/m0/s1. The number of carbonyl (C=O) groups is 3. The van der Waals surface area contributed by atoms with Crippen molar-refractivity contribution in [2.24, 2.45) is 16.6 Å². The lowest BCUT2D eigenvalue weighted by atomic mass is 9.42. The van der Waals surface area contributed by atoms with Gasteiger partial charge in [-0.15, -0.1) is 0 Å². The summed E-state index contributed by atoms with van der Waals surface area (Å²) in [6.45, 7) is 5.84. The third-order valence-corrected chi connectivity index (χ3v) is 9.29. The summed E-state index contributed by atoms with van der Waals surface area (Å²) in [7, 11) is 2.91. The zero-order valence-corrected chi connectivity index (χ0v) is 23.2. The van der Waals surface area contributed by atoms with Crippen LogP contribution in [0, 0.1) is 10.8 Å². The van der Waals surface area contributed by atoms with Crippen molar-refractivity contribution in [3.63, 3.8) is 0 Å². The van der Waals surface area contributed by atoms with Crippen molar-refractivity contribution >= 4 is 23.2 Å². The van der Waals surface area contributed by atoms with Crippen molar-refractivity contribution in [1.82, 2.24) is 10.2 Å². The molecule has 40 heavy (non-hydrogen) atoms. The SMILES string of the molecule is CC(F)CNCc1ccc2c(c1O)C(O)=C1C(=O)[C@]3(O)C(O)=C(C(N)=O)C(=O)[C@@H](N(C)C)[C@]3(C)[C@@H](O)[C@]1(C)[C@H]2C. The van der Waals surface area contributed by atoms with E-state index in [2.05, 4.69) is 5.32 Å². The Bertz CT molecular complexity index is 1390. The molecule has 11 nitrogen and oxygen atoms in total. The first kappa shape index (κ1) is 29.7. The maximum absolute atomic E-state index is 14.3. The van der Waals surface area contributed by atoms with E-state index in [9.17, 15) is 44.3 Å². The summed E-state index contributed by atoms with van der Waals surface area (Å²) in [6.07, 6.45) is -2.91. The number of fused-ring (bicyclic) bond motifs is 3. The Morgan fingerprint density at radius 1 is 1.20 bits per heavy atom. The first-order valence-electron chi connectivity index (χ1n) is 12.9. The summed E-state index contributed by atoms with van der Waals surface area (Å²) in [4.78, 5) is 41.4. The second-order valence-electron chi connectivity index (χ2n) is 11.7. The van der Waals surface area contributed by atoms with Crippen LogP contribution in [0.4, 0.5) is 4.39 Å². The van der Waals surface area contributed by atoms with E-state index in [1.165, 1.54) is 39.8 Å². The predicted molar refractivity (Wildman–Crippen MR) is 142 cm³/mol. The van der Waals surface area contributed by atoms with Gasteiger partial charge in [-0.1, -0.05) is 32.9 Å². The van der Waals surface area contributed by atoms with Crippen molar-refractivity contribution in [3.8, 4) is 5.75 Å². The van der Waals surface area contributed by atoms with E-state index in [-0.39, 0.29) is 24.4 Å². The number of amides is 1. The largest absolute Gasteiger partial charge is 0.508 e. The lowest BCUT2D eigenvalue weighted by molar-refractivity contribution is -0.211. The molecule has 1 aromatic rings. The number of alkyl halides is 1. The first-order chi connectivity index (χ1) is 18.4. The number of likely N-dealkylation sites (N-methyl/N-ethyl adjacent to an activating group) is 1. The number of halogens is 1. The molecule has 0 saturated heterocycles. The van der Waals surface area contributed by atoms with Gasteiger partial charge in [-0.3, -0.25) is 19.3 Å². The van der Waals surface area contributed by atoms with E-state index < -0.39 is 80.8 Å². The van der Waals surface area contributed by atoms with Gasteiger partial charge >= 0.3 is 0 Å². The predicted octanol–water partition coefficient (Wildman–Crippen LogP) is 0.724. The number of nitrogens with two attached hydrogens (primary N) is 1. The average Bonchev–Trinajstić information content (AvgIpc) is 2.85. The number of benzene rings is 1. The van der Waals surface area contributed by atoms with Crippen molar-refractivity contribution in [2.75, 3.05) is 20.6 Å². The second kappa shape index (κ2) is 9.37. The minimum atomic E-state index is -3.05. The van der Waals surface area contributed by atoms with Gasteiger partial charge in [0.2, 0.25) is 5.78 Å². The average molecular weight is 562 g/mol. The van der Waals surface area contributed by atoms with Gasteiger partial charge in [0, 0.05) is 24.1 Å². The van der Waals surface area contributed by atoms with Crippen molar-refractivity contribution in [2.45, 2.75) is 64.1 Å². The van der Waals surface area contributed by atoms with Gasteiger partial charge in [-0.05, 0) is 32.5 Å². The number of phenolic OH excluding ortho intramolecular Hbond substituents is 1. The molecule has 0 aromatic heterocycles. The minimum absolute atomic E-state index is 0.00787. The Hall–Kier alpha value is -3.32. The van der Waals surface area contributed by atoms with Crippen LogP contribution in [0.15, 0.2) is 29.0 Å². The van der Waals surface area contributed by atoms with E-state index >= 15 is 0 Å². The van der Waals surface area contributed by atoms with Crippen molar-refractivity contribution in [1.29, 1.82) is 0 Å². The number of aromatic hydroxyl groups is 1. The normalized spacial score (nSPS) is 34.5. The fraction of sp³-hybridized carbons (Fsp3) is 0.536. The molecule has 8 N–H and O–H groups in total. The van der Waals surface area contributed by atoms with Crippen LogP contribution in [0.25, 0.3) is 5.76 Å². The second-order valence-corrected chi connectivity index (χ2v) is 11.7. The number of nitrogens with zero attached hydrogens (tertiary/aromatic N) is 1. The molecular formula is C28H36FN3O8. The maximum atomic E-state index is 14.3. The number of hydrogen-bond acceptors (Lipinski definition) is 10. The van der Waals surface area contributed by atoms with Gasteiger partial charge in [-0.25, -0.2) is 4.39 Å². The molecule has 0 heterocycles. The zero-order valence-electron chi connectivity index (χ0n) is 23.2. The number of rotatable bonds is 6. The molecule has 7 atom stereocenters. The molecule has 0 spiro atoms. The molecule has 4 rings (SSSR count). The highest BCUT2D eigenvalue weighted by Crippen LogP contribution is 2.66. The lowest BCUT2D eigenvalue weighted by Crippen LogP contribution is -2.78. The molecule has 1 amide bonds. The van der Waals surface area contributed by atoms with E-state index in [0.717, 1.165) is 0 Å². The number of nitrogens with one attached hydrogen (secondary N) is 1. The van der Waals surface area contributed by atoms with E-state index in [4.69, 9.17) is 5.73 Å². The Kier molecular flexibility index (Phi) is 6.95. The highest BCUT2D eigenvalue weighted by Gasteiger charge is 2.77. The van der Waals surface area contributed by atoms with Crippen LogP contribution >= 0.6 is 0 Å². The van der Waals surface area contributed by atoms with Crippen LogP contribution in [0.2, 0.25) is 0 Å². The van der Waals surface area contributed by atoms with Crippen LogP contribution < -0.4 is 11.1 Å². The summed E-state index contributed by atoms with van der Waals surface area (Å²) in [6, 6.07) is 1.72. The number of primary amides is 1. The molecule has 12 heteroatoms. The third-order valence-electron chi connectivity index (χ3n) is 9.29. The molecule has 3 aliphatic carbocycles. The summed E-state index contributed by atoms with van der Waals surface area (Å²) >= 11 is 0. The number of hydrogen-bond donors (Lipinski definition) is 7. The molecule has 0 aliphatic heterocycles. The zero-order chi connectivity index (χ0) is 30.3. The summed E-state index contributed by atoms with van der Waals surface area (Å²) in [5.41, 5.74) is -2.33. The number of aliphatic hydroxyl groups is 4. The molecule has 218 valence electrons. The third kappa shape index (κ3) is 3.46. The van der Waals surface area contributed by atoms with Gasteiger partial charge in [0.1, 0.15) is 29.0 Å². The smallest absolute Gasteiger partial charge is 0.255 e. The van der Waals surface area contributed by atoms with E-state index in [1.807, 2.05) is 0 Å². The van der Waals surface area contributed by atoms with Crippen molar-refractivity contribution < 1.29 is 44.3 Å². The van der Waals surface area contributed by atoms with Crippen LogP contribution in [0.1, 0.15) is 50.3 Å². The highest BCUT2D eigenvalue weighted by atomic mass is 19.1. The minimum Gasteiger partial charge on any atom is -0.508 e. The van der Waals surface area contributed by atoms with Crippen LogP contribution in [0.5, 0.6) is 5.75 Å². The summed E-state index contributed by atoms with van der Waals surface area (Å²) < 4.78 is 13.3. The van der Waals surface area contributed by atoms with E-state index in [0.29, 0.717) is 11.1 Å². The molecule has 1 unspecified atom stereocenters. The highest BCUT2D eigenvalue weighted by molar-refractivity contribution is 6.25. The molecular weight excluding hydrogens is 525 g/mol. The Labute approximate surface area is 230 Å².